The summed E-state index contributed by atoms with van der Waals surface area (Å²) in [5, 5.41) is 6.59. The molecule has 0 aliphatic heterocycles. The molecule has 2 rings (SSSR count). The first-order chi connectivity index (χ1) is 11.2. The second-order valence-corrected chi connectivity index (χ2v) is 5.09. The molecule has 1 heterocycles. The number of aryl methyl sites for hydroxylation is 1. The Balaban J connectivity index is 1.92. The van der Waals surface area contributed by atoms with E-state index >= 15 is 0 Å². The van der Waals surface area contributed by atoms with Gasteiger partial charge in [0, 0.05) is 25.4 Å². The van der Waals surface area contributed by atoms with Crippen molar-refractivity contribution in [1.82, 2.24) is 15.6 Å². The quantitative estimate of drug-likeness (QED) is 0.636. The average molecular weight is 312 g/mol. The second kappa shape index (κ2) is 8.78. The number of hydrogen-bond acceptors (Lipinski definition) is 3. The fraction of sp³-hybridized carbons (Fsp3) is 0.333. The van der Waals surface area contributed by atoms with Crippen molar-refractivity contribution in [3.8, 4) is 5.75 Å². The van der Waals surface area contributed by atoms with Crippen LogP contribution in [0.25, 0.3) is 0 Å². The van der Waals surface area contributed by atoms with Crippen molar-refractivity contribution in [2.75, 3.05) is 13.7 Å². The minimum Gasteiger partial charge on any atom is -0.494 e. The van der Waals surface area contributed by atoms with Crippen LogP contribution in [0.3, 0.4) is 0 Å². The molecule has 0 fully saturated rings. The Kier molecular flexibility index (Phi) is 6.41. The smallest absolute Gasteiger partial charge is 0.191 e. The lowest BCUT2D eigenvalue weighted by atomic mass is 10.2. The van der Waals surface area contributed by atoms with E-state index in [-0.39, 0.29) is 0 Å². The van der Waals surface area contributed by atoms with Crippen LogP contribution in [0.5, 0.6) is 5.75 Å². The van der Waals surface area contributed by atoms with Crippen molar-refractivity contribution in [3.63, 3.8) is 0 Å². The number of pyridine rings is 1. The molecule has 0 saturated carbocycles. The normalized spacial score (nSPS) is 11.2. The van der Waals surface area contributed by atoms with Crippen molar-refractivity contribution in [2.24, 2.45) is 4.99 Å². The number of benzene rings is 1. The molecule has 5 nitrogen and oxygen atoms in total. The van der Waals surface area contributed by atoms with Gasteiger partial charge in [0.05, 0.1) is 18.8 Å². The third-order valence-corrected chi connectivity index (χ3v) is 3.48. The zero-order valence-electron chi connectivity index (χ0n) is 14.0. The van der Waals surface area contributed by atoms with E-state index in [4.69, 9.17) is 4.74 Å². The first kappa shape index (κ1) is 16.8. The van der Waals surface area contributed by atoms with Crippen molar-refractivity contribution < 1.29 is 4.74 Å². The van der Waals surface area contributed by atoms with Crippen LogP contribution in [0.15, 0.2) is 47.6 Å². The summed E-state index contributed by atoms with van der Waals surface area (Å²) in [4.78, 5) is 8.63. The van der Waals surface area contributed by atoms with E-state index in [1.807, 2.05) is 37.3 Å². The number of aliphatic imine (C=N–C) groups is 1. The van der Waals surface area contributed by atoms with E-state index in [2.05, 4.69) is 33.6 Å². The maximum Gasteiger partial charge on any atom is 0.191 e. The third kappa shape index (κ3) is 4.98. The van der Waals surface area contributed by atoms with Crippen LogP contribution < -0.4 is 15.4 Å². The molecule has 0 aliphatic rings. The number of aromatic nitrogens is 1. The van der Waals surface area contributed by atoms with Gasteiger partial charge in [-0.05, 0) is 31.5 Å². The van der Waals surface area contributed by atoms with Gasteiger partial charge in [-0.1, -0.05) is 24.3 Å². The molecule has 0 bridgehead atoms. The maximum absolute atomic E-state index is 5.64. The van der Waals surface area contributed by atoms with Gasteiger partial charge >= 0.3 is 0 Å². The molecular formula is C18H24N4O. The lowest BCUT2D eigenvalue weighted by Gasteiger charge is -2.14. The first-order valence-corrected chi connectivity index (χ1v) is 7.80. The summed E-state index contributed by atoms with van der Waals surface area (Å²) in [7, 11) is 1.76. The van der Waals surface area contributed by atoms with Gasteiger partial charge in [-0.2, -0.15) is 0 Å². The Morgan fingerprint density at radius 1 is 1.13 bits per heavy atom. The van der Waals surface area contributed by atoms with Crippen molar-refractivity contribution >= 4 is 5.96 Å². The van der Waals surface area contributed by atoms with Crippen LogP contribution in [0.2, 0.25) is 0 Å². The summed E-state index contributed by atoms with van der Waals surface area (Å²) < 4.78 is 5.64. The number of hydrogen-bond donors (Lipinski definition) is 2. The van der Waals surface area contributed by atoms with E-state index in [0.29, 0.717) is 19.7 Å². The van der Waals surface area contributed by atoms with E-state index in [1.165, 1.54) is 0 Å². The fourth-order valence-electron chi connectivity index (χ4n) is 2.22. The first-order valence-electron chi connectivity index (χ1n) is 7.80. The summed E-state index contributed by atoms with van der Waals surface area (Å²) in [6.45, 7) is 5.98. The van der Waals surface area contributed by atoms with Crippen LogP contribution in [-0.2, 0) is 13.1 Å². The van der Waals surface area contributed by atoms with Crippen LogP contribution >= 0.6 is 0 Å². The van der Waals surface area contributed by atoms with E-state index in [0.717, 1.165) is 28.5 Å². The molecule has 2 N–H and O–H groups in total. The maximum atomic E-state index is 5.64. The standard InChI is InChI=1S/C18H24N4O/c1-4-23-17-10-6-5-9-15(17)12-21-18(19-3)22-13-16-14(2)8-7-11-20-16/h5-11H,4,12-13H2,1-3H3,(H2,19,21,22). The average Bonchev–Trinajstić information content (AvgIpc) is 2.58. The highest BCUT2D eigenvalue weighted by Gasteiger charge is 2.05. The van der Waals surface area contributed by atoms with Gasteiger partial charge in [-0.25, -0.2) is 0 Å². The molecule has 0 atom stereocenters. The van der Waals surface area contributed by atoms with E-state index in [1.54, 1.807) is 13.2 Å². The number of nitrogens with zero attached hydrogens (tertiary/aromatic N) is 2. The van der Waals surface area contributed by atoms with Crippen LogP contribution in [0.1, 0.15) is 23.7 Å². The Labute approximate surface area is 137 Å². The van der Waals surface area contributed by atoms with Crippen LogP contribution in [0.4, 0.5) is 0 Å². The van der Waals surface area contributed by atoms with Crippen LogP contribution in [0, 0.1) is 6.92 Å². The molecule has 0 aliphatic carbocycles. The monoisotopic (exact) mass is 312 g/mol. The molecule has 5 heteroatoms. The van der Waals surface area contributed by atoms with Crippen molar-refractivity contribution in [3.05, 3.63) is 59.4 Å². The Morgan fingerprint density at radius 3 is 2.65 bits per heavy atom. The molecular weight excluding hydrogens is 288 g/mol. The molecule has 0 radical (unpaired) electrons. The summed E-state index contributed by atoms with van der Waals surface area (Å²) in [5.74, 6) is 1.64. The van der Waals surface area contributed by atoms with Gasteiger partial charge in [0.1, 0.15) is 5.75 Å². The van der Waals surface area contributed by atoms with Gasteiger partial charge in [0.2, 0.25) is 0 Å². The third-order valence-electron chi connectivity index (χ3n) is 3.48. The Morgan fingerprint density at radius 2 is 1.91 bits per heavy atom. The second-order valence-electron chi connectivity index (χ2n) is 5.09. The molecule has 0 amide bonds. The SMILES string of the molecule is CCOc1ccccc1CNC(=NC)NCc1ncccc1C. The van der Waals surface area contributed by atoms with Gasteiger partial charge in [0.15, 0.2) is 5.96 Å². The zero-order valence-corrected chi connectivity index (χ0v) is 14.0. The molecule has 1 aromatic heterocycles. The highest BCUT2D eigenvalue weighted by atomic mass is 16.5. The predicted molar refractivity (Wildman–Crippen MR) is 93.6 cm³/mol. The topological polar surface area (TPSA) is 58.5 Å². The van der Waals surface area contributed by atoms with E-state index < -0.39 is 0 Å². The summed E-state index contributed by atoms with van der Waals surface area (Å²) in [5.41, 5.74) is 3.29. The van der Waals surface area contributed by atoms with Gasteiger partial charge < -0.3 is 15.4 Å². The number of guanidine groups is 1. The minimum atomic E-state index is 0.638. The lowest BCUT2D eigenvalue weighted by Crippen LogP contribution is -2.36. The summed E-state index contributed by atoms with van der Waals surface area (Å²) in [6.07, 6.45) is 1.80. The van der Waals surface area contributed by atoms with Crippen molar-refractivity contribution in [2.45, 2.75) is 26.9 Å². The molecule has 2 aromatic rings. The van der Waals surface area contributed by atoms with E-state index in [9.17, 15) is 0 Å². The highest BCUT2D eigenvalue weighted by Crippen LogP contribution is 2.17. The van der Waals surface area contributed by atoms with Gasteiger partial charge in [-0.3, -0.25) is 9.98 Å². The van der Waals surface area contributed by atoms with Crippen LogP contribution in [-0.4, -0.2) is 24.6 Å². The Bertz CT molecular complexity index is 655. The molecule has 0 spiro atoms. The van der Waals surface area contributed by atoms with Gasteiger partial charge in [-0.15, -0.1) is 0 Å². The number of ether oxygens (including phenoxy) is 1. The number of para-hydroxylation sites is 1. The predicted octanol–water partition coefficient (Wildman–Crippen LogP) is 2.65. The number of nitrogens with one attached hydrogen (secondary N) is 2. The molecule has 1 aromatic carbocycles. The fourth-order valence-corrected chi connectivity index (χ4v) is 2.22. The lowest BCUT2D eigenvalue weighted by molar-refractivity contribution is 0.336. The molecule has 122 valence electrons. The molecule has 23 heavy (non-hydrogen) atoms. The molecule has 0 unspecified atom stereocenters. The van der Waals surface area contributed by atoms with Gasteiger partial charge in [0.25, 0.3) is 0 Å². The summed E-state index contributed by atoms with van der Waals surface area (Å²) >= 11 is 0. The minimum absolute atomic E-state index is 0.638. The molecule has 0 saturated heterocycles. The summed E-state index contributed by atoms with van der Waals surface area (Å²) in [6, 6.07) is 12.0. The largest absolute Gasteiger partial charge is 0.494 e. The number of rotatable bonds is 6. The zero-order chi connectivity index (χ0) is 16.5. The highest BCUT2D eigenvalue weighted by molar-refractivity contribution is 5.79. The Hall–Kier alpha value is -2.56. The van der Waals surface area contributed by atoms with Crippen molar-refractivity contribution in [1.29, 1.82) is 0 Å².